The number of nitrogens with one attached hydrogen (secondary N) is 2. The number of ether oxygens (including phenoxy) is 1. The molecular weight excluding hydrogens is 368 g/mol. The monoisotopic (exact) mass is 396 g/mol. The van der Waals surface area contributed by atoms with Crippen LogP contribution in [0.2, 0.25) is 0 Å². The zero-order valence-corrected chi connectivity index (χ0v) is 16.5. The molecule has 1 aromatic carbocycles. The second kappa shape index (κ2) is 7.55. The number of rotatable bonds is 5. The molecule has 2 aromatic rings. The Balaban J connectivity index is 1.35. The summed E-state index contributed by atoms with van der Waals surface area (Å²) in [6.07, 6.45) is 4.81. The van der Waals surface area contributed by atoms with Gasteiger partial charge in [-0.15, -0.1) is 0 Å². The summed E-state index contributed by atoms with van der Waals surface area (Å²) in [5.74, 6) is 0.357. The van der Waals surface area contributed by atoms with E-state index in [1.165, 1.54) is 11.8 Å². The maximum absolute atomic E-state index is 12.4. The van der Waals surface area contributed by atoms with E-state index in [0.717, 1.165) is 32.6 Å². The number of aromatic amines is 1. The number of nitrogens with zero attached hydrogens (tertiary/aromatic N) is 2. The zero-order valence-electron chi connectivity index (χ0n) is 16.5. The van der Waals surface area contributed by atoms with Gasteiger partial charge in [-0.2, -0.15) is 5.10 Å². The van der Waals surface area contributed by atoms with Crippen molar-refractivity contribution in [1.29, 1.82) is 0 Å². The zero-order chi connectivity index (χ0) is 19.8. The van der Waals surface area contributed by atoms with Crippen LogP contribution in [0.4, 0.5) is 0 Å². The lowest BCUT2D eigenvalue weighted by molar-refractivity contribution is 0.0376. The molecule has 2 aliphatic heterocycles. The van der Waals surface area contributed by atoms with Gasteiger partial charge in [0.25, 0.3) is 5.91 Å². The Hall–Kier alpha value is -2.22. The van der Waals surface area contributed by atoms with Crippen LogP contribution in [-0.4, -0.2) is 71.1 Å². The predicted octanol–water partition coefficient (Wildman–Crippen LogP) is 1.39. The highest BCUT2D eigenvalue weighted by molar-refractivity contribution is 5.93. The molecule has 2 saturated heterocycles. The second-order valence-electron chi connectivity index (χ2n) is 8.59. The van der Waals surface area contributed by atoms with E-state index in [2.05, 4.69) is 44.7 Å². The Morgan fingerprint density at radius 3 is 2.83 bits per heavy atom. The molecule has 3 N–H and O–H groups in total. The van der Waals surface area contributed by atoms with Gasteiger partial charge in [0.05, 0.1) is 17.9 Å². The fraction of sp³-hybridized carbons (Fsp3) is 0.545. The molecule has 154 valence electrons. The first-order valence-corrected chi connectivity index (χ1v) is 10.5. The number of hydrogen-bond acceptors (Lipinski definition) is 5. The summed E-state index contributed by atoms with van der Waals surface area (Å²) in [6, 6.07) is 10.9. The highest BCUT2D eigenvalue weighted by Crippen LogP contribution is 2.69. The van der Waals surface area contributed by atoms with Crippen molar-refractivity contribution in [2.75, 3.05) is 32.8 Å². The van der Waals surface area contributed by atoms with Crippen LogP contribution >= 0.6 is 0 Å². The van der Waals surface area contributed by atoms with E-state index >= 15 is 0 Å². The number of carbonyl (C=O) groups excluding carboxylic acids is 1. The molecule has 3 heterocycles. The summed E-state index contributed by atoms with van der Waals surface area (Å²) in [5.41, 5.74) is 1.60. The molecule has 5 rings (SSSR count). The van der Waals surface area contributed by atoms with Crippen LogP contribution in [0.25, 0.3) is 0 Å². The van der Waals surface area contributed by atoms with E-state index in [0.29, 0.717) is 24.7 Å². The molecule has 7 nitrogen and oxygen atoms in total. The van der Waals surface area contributed by atoms with Gasteiger partial charge < -0.3 is 15.2 Å². The summed E-state index contributed by atoms with van der Waals surface area (Å²) in [7, 11) is 0. The fourth-order valence-corrected chi connectivity index (χ4v) is 5.64. The first-order valence-electron chi connectivity index (χ1n) is 10.5. The second-order valence-corrected chi connectivity index (χ2v) is 8.59. The quantitative estimate of drug-likeness (QED) is 0.711. The van der Waals surface area contributed by atoms with Gasteiger partial charge >= 0.3 is 0 Å². The molecule has 1 saturated carbocycles. The lowest BCUT2D eigenvalue weighted by atomic mass is 9.95. The fourth-order valence-electron chi connectivity index (χ4n) is 5.64. The smallest absolute Gasteiger partial charge is 0.254 e. The number of hydrogen-bond donors (Lipinski definition) is 3. The topological polar surface area (TPSA) is 90.5 Å². The van der Waals surface area contributed by atoms with E-state index < -0.39 is 0 Å². The van der Waals surface area contributed by atoms with Gasteiger partial charge in [-0.05, 0) is 30.2 Å². The molecule has 0 bridgehead atoms. The van der Waals surface area contributed by atoms with Crippen molar-refractivity contribution < 1.29 is 14.6 Å². The molecule has 0 radical (unpaired) electrons. The Bertz CT molecular complexity index is 837. The number of aliphatic hydroxyl groups excluding tert-OH is 1. The lowest BCUT2D eigenvalue weighted by Gasteiger charge is -2.31. The van der Waals surface area contributed by atoms with Gasteiger partial charge in [0.1, 0.15) is 0 Å². The summed E-state index contributed by atoms with van der Waals surface area (Å²) < 4.78 is 5.52. The Morgan fingerprint density at radius 1 is 1.31 bits per heavy atom. The Kier molecular flexibility index (Phi) is 4.89. The number of carbonyl (C=O) groups is 1. The molecule has 1 aliphatic carbocycles. The predicted molar refractivity (Wildman–Crippen MR) is 107 cm³/mol. The lowest BCUT2D eigenvalue weighted by Crippen LogP contribution is -2.38. The standard InChI is InChI=1S/C22H28N4O3/c27-19-13-26(17-6-8-29-9-7-17)14-22(19)18(20(22)15-4-2-1-3-5-15)12-23-21(28)16-10-24-25-11-16/h1-5,10-11,17-20,27H,6-9,12-14H2,(H,23,28)(H,24,25)/t18-,19+,20-,22-/m1/s1. The minimum Gasteiger partial charge on any atom is -0.391 e. The highest BCUT2D eigenvalue weighted by Gasteiger charge is 2.71. The maximum atomic E-state index is 12.4. The molecule has 1 amide bonds. The van der Waals surface area contributed by atoms with Gasteiger partial charge in [0.15, 0.2) is 0 Å². The summed E-state index contributed by atoms with van der Waals surface area (Å²) in [5, 5.41) is 20.8. The molecule has 3 fully saturated rings. The number of H-pyrrole nitrogens is 1. The molecule has 7 heteroatoms. The van der Waals surface area contributed by atoms with Gasteiger partial charge in [-0.25, -0.2) is 0 Å². The van der Waals surface area contributed by atoms with Crippen molar-refractivity contribution in [3.8, 4) is 0 Å². The molecule has 0 unspecified atom stereocenters. The van der Waals surface area contributed by atoms with Gasteiger partial charge in [-0.3, -0.25) is 14.8 Å². The van der Waals surface area contributed by atoms with Crippen molar-refractivity contribution in [1.82, 2.24) is 20.4 Å². The molecule has 3 aliphatic rings. The van der Waals surface area contributed by atoms with Crippen LogP contribution in [0, 0.1) is 11.3 Å². The van der Waals surface area contributed by atoms with Crippen LogP contribution in [0.3, 0.4) is 0 Å². The van der Waals surface area contributed by atoms with E-state index in [4.69, 9.17) is 4.74 Å². The van der Waals surface area contributed by atoms with Crippen molar-refractivity contribution >= 4 is 5.91 Å². The van der Waals surface area contributed by atoms with Crippen molar-refractivity contribution in [3.05, 3.63) is 53.9 Å². The first kappa shape index (κ1) is 18.8. The third-order valence-electron chi connectivity index (χ3n) is 7.18. The van der Waals surface area contributed by atoms with Crippen LogP contribution < -0.4 is 5.32 Å². The van der Waals surface area contributed by atoms with Crippen LogP contribution in [0.1, 0.15) is 34.7 Å². The molecule has 4 atom stereocenters. The van der Waals surface area contributed by atoms with Crippen molar-refractivity contribution in [3.63, 3.8) is 0 Å². The first-order chi connectivity index (χ1) is 14.2. The summed E-state index contributed by atoms with van der Waals surface area (Å²) in [6.45, 7) is 3.75. The number of benzene rings is 1. The van der Waals surface area contributed by atoms with Crippen molar-refractivity contribution in [2.24, 2.45) is 11.3 Å². The molecule has 29 heavy (non-hydrogen) atoms. The number of likely N-dealkylation sites (tertiary alicyclic amines) is 1. The van der Waals surface area contributed by atoms with E-state index in [1.54, 1.807) is 6.20 Å². The molecule has 1 aromatic heterocycles. The van der Waals surface area contributed by atoms with E-state index in [-0.39, 0.29) is 29.3 Å². The largest absolute Gasteiger partial charge is 0.391 e. The van der Waals surface area contributed by atoms with Gasteiger partial charge in [-0.1, -0.05) is 30.3 Å². The molecular formula is C22H28N4O3. The maximum Gasteiger partial charge on any atom is 0.254 e. The minimum absolute atomic E-state index is 0.124. The average molecular weight is 396 g/mol. The Labute approximate surface area is 170 Å². The van der Waals surface area contributed by atoms with E-state index in [9.17, 15) is 9.90 Å². The van der Waals surface area contributed by atoms with Crippen LogP contribution in [-0.2, 0) is 4.74 Å². The van der Waals surface area contributed by atoms with Crippen LogP contribution in [0.15, 0.2) is 42.7 Å². The molecule has 1 spiro atoms. The number of aliphatic hydroxyl groups is 1. The van der Waals surface area contributed by atoms with Gasteiger partial charge in [0, 0.05) is 50.5 Å². The highest BCUT2D eigenvalue weighted by atomic mass is 16.5. The average Bonchev–Trinajstić information content (AvgIpc) is 3.07. The number of β-amino-alcohol motifs (C(OH)–C–C–N with tert-alkyl or cyclic N) is 1. The minimum atomic E-state index is -0.383. The van der Waals surface area contributed by atoms with E-state index in [1.807, 2.05) is 6.07 Å². The van der Waals surface area contributed by atoms with Gasteiger partial charge in [0.2, 0.25) is 0 Å². The number of aromatic nitrogens is 2. The third-order valence-corrected chi connectivity index (χ3v) is 7.18. The Morgan fingerprint density at radius 2 is 2.10 bits per heavy atom. The normalized spacial score (nSPS) is 32.5. The SMILES string of the molecule is O=C(NC[C@@H]1[C@@H](c2ccccc2)[C@]12CN(C1CCOCC1)C[C@@H]2O)c1cn[nH]c1. The van der Waals surface area contributed by atoms with Crippen LogP contribution in [0.5, 0.6) is 0 Å². The number of amides is 1. The summed E-state index contributed by atoms with van der Waals surface area (Å²) >= 11 is 0. The third kappa shape index (κ3) is 3.27. The van der Waals surface area contributed by atoms with Crippen molar-refractivity contribution in [2.45, 2.75) is 30.9 Å². The summed E-state index contributed by atoms with van der Waals surface area (Å²) in [4.78, 5) is 14.9.